The first-order chi connectivity index (χ1) is 8.36. The van der Waals surface area contributed by atoms with Gasteiger partial charge in [0.25, 0.3) is 5.91 Å². The number of rotatable bonds is 5. The van der Waals surface area contributed by atoms with E-state index in [4.69, 9.17) is 5.73 Å². The van der Waals surface area contributed by atoms with Crippen LogP contribution in [0, 0.1) is 0 Å². The Morgan fingerprint density at radius 3 is 2.50 bits per heavy atom. The Morgan fingerprint density at radius 1 is 1.39 bits per heavy atom. The van der Waals surface area contributed by atoms with Gasteiger partial charge < -0.3 is 16.4 Å². The highest BCUT2D eigenvalue weighted by molar-refractivity contribution is 5.97. The number of primary amides is 1. The number of nitrogens with one attached hydrogen (secondary N) is 2. The highest BCUT2D eigenvalue weighted by Gasteiger charge is 2.27. The van der Waals surface area contributed by atoms with Gasteiger partial charge in [0.15, 0.2) is 0 Å². The van der Waals surface area contributed by atoms with Gasteiger partial charge in [-0.05, 0) is 32.9 Å². The number of carbonyl (C=O) groups is 2. The normalized spacial score (nSPS) is 10.8. The van der Waals surface area contributed by atoms with Crippen LogP contribution in [0.5, 0.6) is 0 Å². The lowest BCUT2D eigenvalue weighted by Gasteiger charge is -2.21. The van der Waals surface area contributed by atoms with Gasteiger partial charge in [0, 0.05) is 6.54 Å². The zero-order chi connectivity index (χ0) is 13.8. The molecular formula is C12H18N4O2. The molecule has 0 fully saturated rings. The third kappa shape index (κ3) is 3.44. The average molecular weight is 250 g/mol. The summed E-state index contributed by atoms with van der Waals surface area (Å²) in [6.45, 7) is 5.83. The van der Waals surface area contributed by atoms with Crippen molar-refractivity contribution in [1.29, 1.82) is 0 Å². The molecule has 0 aliphatic rings. The fourth-order valence-electron chi connectivity index (χ4n) is 1.25. The molecular weight excluding hydrogens is 232 g/mol. The number of nitrogens with two attached hydrogens (primary N) is 1. The van der Waals surface area contributed by atoms with Crippen LogP contribution in [0.2, 0.25) is 0 Å². The SMILES string of the molecule is CCNc1ccc(C(=O)NC(C)(C)C(N)=O)nc1. The number of hydrogen-bond donors (Lipinski definition) is 3. The van der Waals surface area contributed by atoms with E-state index in [1.165, 1.54) is 0 Å². The molecule has 0 atom stereocenters. The van der Waals surface area contributed by atoms with Crippen LogP contribution in [-0.4, -0.2) is 28.9 Å². The zero-order valence-electron chi connectivity index (χ0n) is 10.8. The molecule has 1 aromatic rings. The zero-order valence-corrected chi connectivity index (χ0v) is 10.8. The maximum atomic E-state index is 11.8. The van der Waals surface area contributed by atoms with Gasteiger partial charge in [0.1, 0.15) is 11.2 Å². The van der Waals surface area contributed by atoms with Crippen molar-refractivity contribution in [3.8, 4) is 0 Å². The summed E-state index contributed by atoms with van der Waals surface area (Å²) < 4.78 is 0. The highest BCUT2D eigenvalue weighted by Crippen LogP contribution is 2.07. The number of aromatic nitrogens is 1. The van der Waals surface area contributed by atoms with Crippen molar-refractivity contribution >= 4 is 17.5 Å². The largest absolute Gasteiger partial charge is 0.384 e. The lowest BCUT2D eigenvalue weighted by Crippen LogP contribution is -2.53. The first-order valence-electron chi connectivity index (χ1n) is 5.69. The molecule has 0 aliphatic heterocycles. The molecule has 6 nitrogen and oxygen atoms in total. The first kappa shape index (κ1) is 14.0. The summed E-state index contributed by atoms with van der Waals surface area (Å²) in [6, 6.07) is 3.34. The summed E-state index contributed by atoms with van der Waals surface area (Å²) in [5.41, 5.74) is 5.16. The van der Waals surface area contributed by atoms with Gasteiger partial charge in [0.05, 0.1) is 11.9 Å². The molecule has 1 aromatic heterocycles. The average Bonchev–Trinajstić information content (AvgIpc) is 2.29. The minimum atomic E-state index is -1.10. The molecule has 0 radical (unpaired) electrons. The summed E-state index contributed by atoms with van der Waals surface area (Å²) in [6.07, 6.45) is 1.57. The minimum absolute atomic E-state index is 0.242. The number of nitrogens with zero attached hydrogens (tertiary/aromatic N) is 1. The molecule has 0 spiro atoms. The van der Waals surface area contributed by atoms with Crippen LogP contribution in [0.3, 0.4) is 0 Å². The lowest BCUT2D eigenvalue weighted by atomic mass is 10.1. The number of hydrogen-bond acceptors (Lipinski definition) is 4. The molecule has 1 heterocycles. The van der Waals surface area contributed by atoms with E-state index in [2.05, 4.69) is 15.6 Å². The second kappa shape index (κ2) is 5.48. The molecule has 1 rings (SSSR count). The predicted octanol–water partition coefficient (Wildman–Crippen LogP) is 0.507. The topological polar surface area (TPSA) is 97.1 Å². The van der Waals surface area contributed by atoms with E-state index >= 15 is 0 Å². The van der Waals surface area contributed by atoms with Crippen molar-refractivity contribution in [3.05, 3.63) is 24.0 Å². The van der Waals surface area contributed by atoms with E-state index in [1.54, 1.807) is 32.2 Å². The third-order valence-corrected chi connectivity index (χ3v) is 2.42. The minimum Gasteiger partial charge on any atom is -0.384 e. The van der Waals surface area contributed by atoms with Gasteiger partial charge in [0.2, 0.25) is 5.91 Å². The number of anilines is 1. The Kier molecular flexibility index (Phi) is 4.25. The Hall–Kier alpha value is -2.11. The second-order valence-electron chi connectivity index (χ2n) is 4.41. The predicted molar refractivity (Wildman–Crippen MR) is 69.1 cm³/mol. The lowest BCUT2D eigenvalue weighted by molar-refractivity contribution is -0.122. The van der Waals surface area contributed by atoms with E-state index in [-0.39, 0.29) is 5.69 Å². The summed E-state index contributed by atoms with van der Waals surface area (Å²) in [5, 5.41) is 5.60. The summed E-state index contributed by atoms with van der Waals surface area (Å²) >= 11 is 0. The molecule has 0 saturated carbocycles. The Balaban J connectivity index is 2.76. The molecule has 0 unspecified atom stereocenters. The second-order valence-corrected chi connectivity index (χ2v) is 4.41. The van der Waals surface area contributed by atoms with Gasteiger partial charge in [-0.25, -0.2) is 4.98 Å². The van der Waals surface area contributed by atoms with Gasteiger partial charge in [-0.2, -0.15) is 0 Å². The molecule has 0 saturated heterocycles. The highest BCUT2D eigenvalue weighted by atomic mass is 16.2. The van der Waals surface area contributed by atoms with Gasteiger partial charge in [-0.15, -0.1) is 0 Å². The van der Waals surface area contributed by atoms with Gasteiger partial charge in [-0.1, -0.05) is 0 Å². The molecule has 6 heteroatoms. The maximum Gasteiger partial charge on any atom is 0.270 e. The van der Waals surface area contributed by atoms with Crippen molar-refractivity contribution < 1.29 is 9.59 Å². The summed E-state index contributed by atoms with van der Waals surface area (Å²) in [7, 11) is 0. The standard InChI is InChI=1S/C12H18N4O2/c1-4-14-8-5-6-9(15-7-8)10(17)16-12(2,3)11(13)18/h5-7,14H,4H2,1-3H3,(H2,13,18)(H,16,17). The van der Waals surface area contributed by atoms with E-state index in [0.717, 1.165) is 12.2 Å². The number of pyridine rings is 1. The van der Waals surface area contributed by atoms with E-state index in [1.807, 2.05) is 6.92 Å². The Labute approximate surface area is 106 Å². The number of carbonyl (C=O) groups excluding carboxylic acids is 2. The van der Waals surface area contributed by atoms with Crippen molar-refractivity contribution in [2.75, 3.05) is 11.9 Å². The van der Waals surface area contributed by atoms with E-state index < -0.39 is 17.4 Å². The van der Waals surface area contributed by atoms with Gasteiger partial charge >= 0.3 is 0 Å². The molecule has 0 aliphatic carbocycles. The fraction of sp³-hybridized carbons (Fsp3) is 0.417. The van der Waals surface area contributed by atoms with Crippen LogP contribution < -0.4 is 16.4 Å². The van der Waals surface area contributed by atoms with Gasteiger partial charge in [-0.3, -0.25) is 9.59 Å². The molecule has 18 heavy (non-hydrogen) atoms. The molecule has 0 bridgehead atoms. The van der Waals surface area contributed by atoms with E-state index in [9.17, 15) is 9.59 Å². The van der Waals surface area contributed by atoms with Crippen LogP contribution in [0.1, 0.15) is 31.3 Å². The Morgan fingerprint density at radius 2 is 2.06 bits per heavy atom. The quantitative estimate of drug-likeness (QED) is 0.709. The molecule has 4 N–H and O–H groups in total. The monoisotopic (exact) mass is 250 g/mol. The first-order valence-corrected chi connectivity index (χ1v) is 5.69. The number of amides is 2. The van der Waals surface area contributed by atoms with Crippen LogP contribution in [0.4, 0.5) is 5.69 Å². The third-order valence-electron chi connectivity index (χ3n) is 2.42. The smallest absolute Gasteiger partial charge is 0.270 e. The molecule has 98 valence electrons. The fourth-order valence-corrected chi connectivity index (χ4v) is 1.25. The van der Waals surface area contributed by atoms with Crippen LogP contribution in [0.25, 0.3) is 0 Å². The van der Waals surface area contributed by atoms with Crippen molar-refractivity contribution in [3.63, 3.8) is 0 Å². The van der Waals surface area contributed by atoms with E-state index in [0.29, 0.717) is 0 Å². The summed E-state index contributed by atoms with van der Waals surface area (Å²) in [4.78, 5) is 27.0. The Bertz CT molecular complexity index is 440. The molecule has 0 aromatic carbocycles. The van der Waals surface area contributed by atoms with Crippen LogP contribution in [-0.2, 0) is 4.79 Å². The van der Waals surface area contributed by atoms with Crippen molar-refractivity contribution in [1.82, 2.24) is 10.3 Å². The maximum absolute atomic E-state index is 11.8. The van der Waals surface area contributed by atoms with Crippen molar-refractivity contribution in [2.45, 2.75) is 26.3 Å². The van der Waals surface area contributed by atoms with Crippen molar-refractivity contribution in [2.24, 2.45) is 5.73 Å². The molecule has 2 amide bonds. The van der Waals surface area contributed by atoms with Crippen LogP contribution >= 0.6 is 0 Å². The van der Waals surface area contributed by atoms with Crippen LogP contribution in [0.15, 0.2) is 18.3 Å². The summed E-state index contributed by atoms with van der Waals surface area (Å²) in [5.74, 6) is -1.03.